The number of rotatable bonds is 1. The van der Waals surface area contributed by atoms with E-state index in [9.17, 15) is 4.79 Å². The van der Waals surface area contributed by atoms with Crippen molar-refractivity contribution in [2.45, 2.75) is 6.92 Å². The summed E-state index contributed by atoms with van der Waals surface area (Å²) in [6.45, 7) is 1.45. The first-order chi connectivity index (χ1) is 5.66. The first kappa shape index (κ1) is 8.95. The molecule has 1 rings (SSSR count). The smallest absolute Gasteiger partial charge is 0.161 e. The van der Waals surface area contributed by atoms with E-state index in [2.05, 4.69) is 15.9 Å². The molecule has 0 radical (unpaired) electrons. The normalized spacial score (nSPS) is 9.08. The number of carbonyl (C=O) groups is 1. The first-order valence-corrected chi connectivity index (χ1v) is 4.15. The van der Waals surface area contributed by atoms with E-state index in [1.807, 2.05) is 6.07 Å². The third-order valence-corrected chi connectivity index (χ3v) is 2.17. The SMILES string of the molecule is CC(=O)c1cccc(Br)c1C#N. The van der Waals surface area contributed by atoms with Crippen LogP contribution >= 0.6 is 15.9 Å². The summed E-state index contributed by atoms with van der Waals surface area (Å²) in [6, 6.07) is 7.10. The van der Waals surface area contributed by atoms with Gasteiger partial charge in [-0.2, -0.15) is 5.26 Å². The Morgan fingerprint density at radius 3 is 2.67 bits per heavy atom. The maximum Gasteiger partial charge on any atom is 0.161 e. The van der Waals surface area contributed by atoms with Crippen molar-refractivity contribution in [3.8, 4) is 6.07 Å². The Kier molecular flexibility index (Phi) is 2.61. The highest BCUT2D eigenvalue weighted by molar-refractivity contribution is 9.10. The number of ketones is 1. The van der Waals surface area contributed by atoms with E-state index in [0.29, 0.717) is 15.6 Å². The number of nitriles is 1. The molecule has 0 spiro atoms. The van der Waals surface area contributed by atoms with E-state index in [4.69, 9.17) is 5.26 Å². The molecule has 1 aromatic carbocycles. The van der Waals surface area contributed by atoms with E-state index in [1.165, 1.54) is 6.92 Å². The average molecular weight is 224 g/mol. The molecule has 60 valence electrons. The standard InChI is InChI=1S/C9H6BrNO/c1-6(12)7-3-2-4-9(10)8(7)5-11/h2-4H,1H3. The van der Waals surface area contributed by atoms with Gasteiger partial charge in [0, 0.05) is 10.0 Å². The Balaban J connectivity index is 3.40. The second kappa shape index (κ2) is 3.51. The maximum absolute atomic E-state index is 11.0. The second-order valence-corrected chi connectivity index (χ2v) is 3.18. The van der Waals surface area contributed by atoms with Crippen molar-refractivity contribution in [2.75, 3.05) is 0 Å². The van der Waals surface area contributed by atoms with Crippen LogP contribution in [0.15, 0.2) is 22.7 Å². The van der Waals surface area contributed by atoms with Crippen molar-refractivity contribution in [2.24, 2.45) is 0 Å². The molecule has 0 N–H and O–H groups in total. The lowest BCUT2D eigenvalue weighted by Gasteiger charge is -1.99. The molecule has 3 heteroatoms. The monoisotopic (exact) mass is 223 g/mol. The highest BCUT2D eigenvalue weighted by Gasteiger charge is 2.08. The Bertz CT molecular complexity index is 365. The van der Waals surface area contributed by atoms with Crippen LogP contribution in [0, 0.1) is 11.3 Å². The van der Waals surface area contributed by atoms with Crippen LogP contribution in [0.25, 0.3) is 0 Å². The maximum atomic E-state index is 11.0. The van der Waals surface area contributed by atoms with Crippen LogP contribution in [0.3, 0.4) is 0 Å². The zero-order valence-electron chi connectivity index (χ0n) is 6.47. The quantitative estimate of drug-likeness (QED) is 0.687. The molecule has 0 aliphatic carbocycles. The lowest BCUT2D eigenvalue weighted by molar-refractivity contribution is 0.101. The van der Waals surface area contributed by atoms with Gasteiger partial charge in [0.05, 0.1) is 5.56 Å². The summed E-state index contributed by atoms with van der Waals surface area (Å²) >= 11 is 3.20. The zero-order chi connectivity index (χ0) is 9.14. The van der Waals surface area contributed by atoms with Crippen molar-refractivity contribution >= 4 is 21.7 Å². The summed E-state index contributed by atoms with van der Waals surface area (Å²) in [5, 5.41) is 8.72. The molecule has 0 amide bonds. The number of halogens is 1. The van der Waals surface area contributed by atoms with Gasteiger partial charge < -0.3 is 0 Å². The molecule has 0 aliphatic heterocycles. The highest BCUT2D eigenvalue weighted by Crippen LogP contribution is 2.19. The van der Waals surface area contributed by atoms with Gasteiger partial charge in [-0.1, -0.05) is 12.1 Å². The molecule has 0 atom stereocenters. The molecular formula is C9H6BrNO. The minimum Gasteiger partial charge on any atom is -0.294 e. The highest BCUT2D eigenvalue weighted by atomic mass is 79.9. The van der Waals surface area contributed by atoms with Crippen LogP contribution in [-0.2, 0) is 0 Å². The summed E-state index contributed by atoms with van der Waals surface area (Å²) in [5.74, 6) is -0.0900. The van der Waals surface area contributed by atoms with E-state index >= 15 is 0 Å². The van der Waals surface area contributed by atoms with Gasteiger partial charge in [0.2, 0.25) is 0 Å². The van der Waals surface area contributed by atoms with E-state index in [0.717, 1.165) is 0 Å². The summed E-state index contributed by atoms with van der Waals surface area (Å²) in [5.41, 5.74) is 0.872. The summed E-state index contributed by atoms with van der Waals surface area (Å²) in [7, 11) is 0. The van der Waals surface area contributed by atoms with Crippen LogP contribution in [0.1, 0.15) is 22.8 Å². The van der Waals surface area contributed by atoms with E-state index < -0.39 is 0 Å². The summed E-state index contributed by atoms with van der Waals surface area (Å²) < 4.78 is 0.665. The molecule has 0 unspecified atom stereocenters. The average Bonchev–Trinajstić information content (AvgIpc) is 2.03. The summed E-state index contributed by atoms with van der Waals surface area (Å²) in [4.78, 5) is 11.0. The van der Waals surface area contributed by atoms with Gasteiger partial charge in [0.1, 0.15) is 6.07 Å². The van der Waals surface area contributed by atoms with Crippen molar-refractivity contribution in [1.82, 2.24) is 0 Å². The van der Waals surface area contributed by atoms with Crippen LogP contribution in [0.2, 0.25) is 0 Å². The number of carbonyl (C=O) groups excluding carboxylic acids is 1. The predicted octanol–water partition coefficient (Wildman–Crippen LogP) is 2.52. The predicted molar refractivity (Wildman–Crippen MR) is 48.9 cm³/mol. The van der Waals surface area contributed by atoms with Crippen molar-refractivity contribution in [1.29, 1.82) is 5.26 Å². The molecular weight excluding hydrogens is 218 g/mol. The van der Waals surface area contributed by atoms with Crippen molar-refractivity contribution < 1.29 is 4.79 Å². The van der Waals surface area contributed by atoms with Gasteiger partial charge in [-0.25, -0.2) is 0 Å². The molecule has 0 aliphatic rings. The Labute approximate surface area is 78.9 Å². The molecule has 0 aromatic heterocycles. The van der Waals surface area contributed by atoms with Crippen molar-refractivity contribution in [3.05, 3.63) is 33.8 Å². The Morgan fingerprint density at radius 2 is 2.25 bits per heavy atom. The lowest BCUT2D eigenvalue weighted by Crippen LogP contribution is -1.96. The number of Topliss-reactive ketones (excluding diaryl/α,β-unsaturated/α-hetero) is 1. The van der Waals surface area contributed by atoms with Crippen LogP contribution in [0.5, 0.6) is 0 Å². The van der Waals surface area contributed by atoms with E-state index in [1.54, 1.807) is 18.2 Å². The molecule has 2 nitrogen and oxygen atoms in total. The third-order valence-electron chi connectivity index (χ3n) is 1.50. The van der Waals surface area contributed by atoms with Crippen LogP contribution < -0.4 is 0 Å². The van der Waals surface area contributed by atoms with Crippen LogP contribution in [-0.4, -0.2) is 5.78 Å². The molecule has 0 saturated heterocycles. The fourth-order valence-corrected chi connectivity index (χ4v) is 1.39. The zero-order valence-corrected chi connectivity index (χ0v) is 8.05. The van der Waals surface area contributed by atoms with Gasteiger partial charge in [0.15, 0.2) is 5.78 Å². The van der Waals surface area contributed by atoms with Crippen LogP contribution in [0.4, 0.5) is 0 Å². The molecule has 0 saturated carbocycles. The van der Waals surface area contributed by atoms with Crippen molar-refractivity contribution in [3.63, 3.8) is 0 Å². The van der Waals surface area contributed by atoms with E-state index in [-0.39, 0.29) is 5.78 Å². The molecule has 0 fully saturated rings. The minimum absolute atomic E-state index is 0.0900. The molecule has 0 heterocycles. The number of hydrogen-bond donors (Lipinski definition) is 0. The fourth-order valence-electron chi connectivity index (χ4n) is 0.931. The van der Waals surface area contributed by atoms with Gasteiger partial charge in [-0.3, -0.25) is 4.79 Å². The minimum atomic E-state index is -0.0900. The van der Waals surface area contributed by atoms with Gasteiger partial charge in [0.25, 0.3) is 0 Å². The fraction of sp³-hybridized carbons (Fsp3) is 0.111. The van der Waals surface area contributed by atoms with Gasteiger partial charge in [-0.15, -0.1) is 0 Å². The lowest BCUT2D eigenvalue weighted by atomic mass is 10.1. The Morgan fingerprint density at radius 1 is 1.58 bits per heavy atom. The topological polar surface area (TPSA) is 40.9 Å². The molecule has 1 aromatic rings. The Hall–Kier alpha value is -1.14. The van der Waals surface area contributed by atoms with Gasteiger partial charge in [-0.05, 0) is 28.9 Å². The second-order valence-electron chi connectivity index (χ2n) is 2.33. The number of nitrogens with zero attached hydrogens (tertiary/aromatic N) is 1. The number of benzene rings is 1. The molecule has 12 heavy (non-hydrogen) atoms. The number of hydrogen-bond acceptors (Lipinski definition) is 2. The third kappa shape index (κ3) is 1.54. The first-order valence-electron chi connectivity index (χ1n) is 3.36. The molecule has 0 bridgehead atoms. The van der Waals surface area contributed by atoms with Gasteiger partial charge >= 0.3 is 0 Å². The largest absolute Gasteiger partial charge is 0.294 e. The summed E-state index contributed by atoms with van der Waals surface area (Å²) in [6.07, 6.45) is 0.